The first-order valence-electron chi connectivity index (χ1n) is 9.28. The lowest BCUT2D eigenvalue weighted by Gasteiger charge is -2.40. The van der Waals surface area contributed by atoms with Gasteiger partial charge in [0.2, 0.25) is 5.91 Å². The fourth-order valence-corrected chi connectivity index (χ4v) is 5.69. The van der Waals surface area contributed by atoms with Crippen LogP contribution >= 0.6 is 21.6 Å². The Hall–Kier alpha value is -1.83. The van der Waals surface area contributed by atoms with E-state index in [0.29, 0.717) is 10.7 Å². The Balaban J connectivity index is 1.81. The molecular weight excluding hydrogens is 495 g/mol. The number of benzene rings is 1. The van der Waals surface area contributed by atoms with Crippen LogP contribution in [0, 0.1) is 0 Å². The molecule has 0 bridgehead atoms. The van der Waals surface area contributed by atoms with Crippen molar-refractivity contribution in [2.24, 2.45) is 0 Å². The van der Waals surface area contributed by atoms with Crippen LogP contribution in [0.4, 0.5) is 19.4 Å². The van der Waals surface area contributed by atoms with Gasteiger partial charge in [0.25, 0.3) is 0 Å². The molecule has 1 aromatic heterocycles. The van der Waals surface area contributed by atoms with Crippen LogP contribution in [-0.4, -0.2) is 36.9 Å². The Morgan fingerprint density at radius 1 is 1.25 bits per heavy atom. The summed E-state index contributed by atoms with van der Waals surface area (Å²) in [5, 5.41) is 13.7. The third kappa shape index (κ3) is 6.15. The molecule has 1 aliphatic heterocycles. The summed E-state index contributed by atoms with van der Waals surface area (Å²) in [5.41, 5.74) is -0.629. The smallest absolute Gasteiger partial charge is 0.310 e. The minimum atomic E-state index is -9.79. The van der Waals surface area contributed by atoms with E-state index in [2.05, 4.69) is 4.98 Å². The molecule has 0 radical (unpaired) electrons. The van der Waals surface area contributed by atoms with Gasteiger partial charge in [-0.1, -0.05) is 37.6 Å². The van der Waals surface area contributed by atoms with Crippen LogP contribution in [0.25, 0.3) is 0 Å². The van der Waals surface area contributed by atoms with Gasteiger partial charge in [-0.2, -0.15) is 0 Å². The zero-order chi connectivity index (χ0) is 24.0. The zero-order valence-electron chi connectivity index (χ0n) is 17.0. The highest BCUT2D eigenvalue weighted by Crippen LogP contribution is 3.02. The summed E-state index contributed by atoms with van der Waals surface area (Å²) in [4.78, 5) is 16.7. The van der Waals surface area contributed by atoms with Crippen molar-refractivity contribution >= 4 is 38.3 Å². The Kier molecular flexibility index (Phi) is 5.90. The van der Waals surface area contributed by atoms with E-state index in [0.717, 1.165) is 12.1 Å². The van der Waals surface area contributed by atoms with Crippen LogP contribution in [0.1, 0.15) is 30.1 Å². The molecule has 2 atom stereocenters. The molecule has 0 aliphatic carbocycles. The molecule has 2 aromatic rings. The lowest BCUT2D eigenvalue weighted by molar-refractivity contribution is -0.132. The van der Waals surface area contributed by atoms with E-state index in [4.69, 9.17) is 0 Å². The molecule has 32 heavy (non-hydrogen) atoms. The molecular formula is C19H21F5N2O3S3. The first kappa shape index (κ1) is 24.8. The SMILES string of the molecule is CC(C)(O)c1csc(CN(C(=O)Cc2ccc(S(F)(F)(F)(F)F)cc2)C2C=CS(=O)C2)n1. The van der Waals surface area contributed by atoms with E-state index in [1.165, 1.54) is 21.6 Å². The number of carbonyl (C=O) groups is 1. The molecule has 13 heteroatoms. The lowest BCUT2D eigenvalue weighted by Crippen LogP contribution is -2.41. The Morgan fingerprint density at radius 2 is 1.88 bits per heavy atom. The molecule has 5 nitrogen and oxygen atoms in total. The molecule has 2 heterocycles. The van der Waals surface area contributed by atoms with Gasteiger partial charge in [-0.05, 0) is 31.5 Å². The number of nitrogens with zero attached hydrogens (tertiary/aromatic N) is 2. The standard InChI is InChI=1S/C19H21F5N2O3S3/c1-19(2,28)16-11-30-17(25-16)10-26(14-7-8-31(29)12-14)18(27)9-13-3-5-15(6-4-13)32(20,21,22,23)24/h3-8,11,14,28H,9-10,12H2,1-2H3. The number of halogens is 5. The van der Waals surface area contributed by atoms with Crippen molar-refractivity contribution in [3.8, 4) is 0 Å². The molecule has 1 amide bonds. The highest BCUT2D eigenvalue weighted by atomic mass is 32.5. The Labute approximate surface area is 188 Å². The second-order valence-corrected chi connectivity index (χ2v) is 12.7. The van der Waals surface area contributed by atoms with Crippen LogP contribution in [-0.2, 0) is 34.2 Å². The fourth-order valence-electron chi connectivity index (χ4n) is 2.99. The lowest BCUT2D eigenvalue weighted by atomic mass is 10.1. The van der Waals surface area contributed by atoms with E-state index < -0.39 is 43.5 Å². The third-order valence-electron chi connectivity index (χ3n) is 4.72. The predicted octanol–water partition coefficient (Wildman–Crippen LogP) is 5.24. The van der Waals surface area contributed by atoms with Gasteiger partial charge in [0, 0.05) is 21.6 Å². The summed E-state index contributed by atoms with van der Waals surface area (Å²) in [5.74, 6) is -0.322. The fraction of sp³-hybridized carbons (Fsp3) is 0.368. The quantitative estimate of drug-likeness (QED) is 0.511. The summed E-state index contributed by atoms with van der Waals surface area (Å²) in [6.07, 6.45) is 1.27. The van der Waals surface area contributed by atoms with Gasteiger partial charge in [-0.15, -0.1) is 11.3 Å². The van der Waals surface area contributed by atoms with Gasteiger partial charge in [0.05, 0.1) is 30.5 Å². The van der Waals surface area contributed by atoms with Crippen molar-refractivity contribution in [2.45, 2.75) is 43.4 Å². The minimum absolute atomic E-state index is 0.0370. The van der Waals surface area contributed by atoms with E-state index in [1.54, 1.807) is 25.3 Å². The number of rotatable bonds is 7. The number of amides is 1. The van der Waals surface area contributed by atoms with Gasteiger partial charge in [-0.25, -0.2) is 4.98 Å². The molecule has 2 unspecified atom stereocenters. The number of hydrogen-bond acceptors (Lipinski definition) is 5. The largest absolute Gasteiger partial charge is 0.384 e. The maximum atomic E-state index is 13.0. The highest BCUT2D eigenvalue weighted by Gasteiger charge is 2.65. The van der Waals surface area contributed by atoms with E-state index >= 15 is 0 Å². The van der Waals surface area contributed by atoms with Crippen LogP contribution in [0.2, 0.25) is 0 Å². The zero-order valence-corrected chi connectivity index (χ0v) is 19.5. The maximum Gasteiger partial charge on any atom is 0.310 e. The number of carbonyl (C=O) groups excluding carboxylic acids is 1. The molecule has 1 N–H and O–H groups in total. The number of hydrogen-bond donors (Lipinski definition) is 1. The molecule has 3 rings (SSSR count). The van der Waals surface area contributed by atoms with Gasteiger partial charge in [0.15, 0.2) is 0 Å². The van der Waals surface area contributed by atoms with Crippen molar-refractivity contribution < 1.29 is 33.5 Å². The molecule has 0 saturated carbocycles. The number of thiazole rings is 1. The summed E-state index contributed by atoms with van der Waals surface area (Å²) in [6, 6.07) is 1.73. The Morgan fingerprint density at radius 3 is 2.34 bits per heavy atom. The van der Waals surface area contributed by atoms with Gasteiger partial charge in [0.1, 0.15) is 15.5 Å². The van der Waals surface area contributed by atoms with Crippen molar-refractivity contribution in [3.63, 3.8) is 0 Å². The topological polar surface area (TPSA) is 70.5 Å². The van der Waals surface area contributed by atoms with Gasteiger partial charge >= 0.3 is 10.2 Å². The second kappa shape index (κ2) is 7.61. The van der Waals surface area contributed by atoms with Gasteiger partial charge < -0.3 is 10.0 Å². The maximum absolute atomic E-state index is 13.0. The molecule has 1 aromatic carbocycles. The molecule has 0 spiro atoms. The predicted molar refractivity (Wildman–Crippen MR) is 115 cm³/mol. The van der Waals surface area contributed by atoms with Crippen molar-refractivity contribution in [3.05, 3.63) is 57.4 Å². The number of aliphatic hydroxyl groups is 1. The summed E-state index contributed by atoms with van der Waals surface area (Å²) < 4.78 is 76.3. The van der Waals surface area contributed by atoms with Crippen LogP contribution in [0.15, 0.2) is 46.0 Å². The third-order valence-corrected chi connectivity index (χ3v) is 7.84. The normalized spacial score (nSPS) is 21.2. The van der Waals surface area contributed by atoms with Crippen LogP contribution < -0.4 is 0 Å². The first-order valence-corrected chi connectivity index (χ1v) is 13.5. The molecule has 1 aliphatic rings. The second-order valence-electron chi connectivity index (χ2n) is 7.94. The van der Waals surface area contributed by atoms with Crippen molar-refractivity contribution in [1.82, 2.24) is 9.88 Å². The van der Waals surface area contributed by atoms with Crippen LogP contribution in [0.3, 0.4) is 0 Å². The first-order chi connectivity index (χ1) is 14.4. The van der Waals surface area contributed by atoms with E-state index in [1.807, 2.05) is 0 Å². The summed E-state index contributed by atoms with van der Waals surface area (Å²) in [7, 11) is -11.0. The van der Waals surface area contributed by atoms with E-state index in [-0.39, 0.29) is 36.4 Å². The average Bonchev–Trinajstić information content (AvgIpc) is 3.26. The average molecular weight is 517 g/mol. The number of aromatic nitrogens is 1. The van der Waals surface area contributed by atoms with E-state index in [9.17, 15) is 33.5 Å². The van der Waals surface area contributed by atoms with Crippen LogP contribution in [0.5, 0.6) is 0 Å². The molecule has 178 valence electrons. The Bertz CT molecular complexity index is 1080. The molecule has 0 saturated heterocycles. The summed E-state index contributed by atoms with van der Waals surface area (Å²) in [6.45, 7) is 3.16. The van der Waals surface area contributed by atoms with Crippen molar-refractivity contribution in [1.29, 1.82) is 0 Å². The highest BCUT2D eigenvalue weighted by molar-refractivity contribution is 8.45. The van der Waals surface area contributed by atoms with Crippen molar-refractivity contribution in [2.75, 3.05) is 5.75 Å². The summed E-state index contributed by atoms with van der Waals surface area (Å²) >= 11 is 1.22. The molecule has 0 fully saturated rings. The van der Waals surface area contributed by atoms with Gasteiger partial charge in [-0.3, -0.25) is 9.00 Å². The minimum Gasteiger partial charge on any atom is -0.384 e. The monoisotopic (exact) mass is 516 g/mol.